The molecule has 3 aromatic rings. The number of hydrogen-bond donors (Lipinski definition) is 1. The van der Waals surface area contributed by atoms with Gasteiger partial charge in [-0.25, -0.2) is 9.50 Å². The molecule has 0 aliphatic carbocycles. The summed E-state index contributed by atoms with van der Waals surface area (Å²) in [7, 11) is 0. The number of nitrogens with zero attached hydrogens (tertiary/aromatic N) is 5. The Morgan fingerprint density at radius 2 is 2.17 bits per heavy atom. The van der Waals surface area contributed by atoms with Crippen LogP contribution >= 0.6 is 0 Å². The summed E-state index contributed by atoms with van der Waals surface area (Å²) in [6.45, 7) is 5.68. The predicted molar refractivity (Wildman–Crippen MR) is 104 cm³/mol. The molecule has 0 aromatic carbocycles. The first kappa shape index (κ1) is 19.1. The smallest absolute Gasteiger partial charge is 0.286 e. The van der Waals surface area contributed by atoms with Crippen LogP contribution in [0, 0.1) is 19.8 Å². The number of nitrogens with one attached hydrogen (secondary N) is 1. The number of likely N-dealkylation sites (tertiary alicyclic amines) is 1. The van der Waals surface area contributed by atoms with Gasteiger partial charge in [-0.3, -0.25) is 9.59 Å². The highest BCUT2D eigenvalue weighted by Crippen LogP contribution is 2.17. The molecule has 4 rings (SSSR count). The van der Waals surface area contributed by atoms with Crippen molar-refractivity contribution in [2.75, 3.05) is 19.6 Å². The molecule has 0 saturated carbocycles. The van der Waals surface area contributed by atoms with Crippen molar-refractivity contribution < 1.29 is 14.0 Å². The van der Waals surface area contributed by atoms with Gasteiger partial charge in [-0.15, -0.1) is 5.10 Å². The van der Waals surface area contributed by atoms with Crippen molar-refractivity contribution in [2.24, 2.45) is 5.92 Å². The number of aromatic nitrogens is 4. The highest BCUT2D eigenvalue weighted by Gasteiger charge is 2.25. The zero-order valence-electron chi connectivity index (χ0n) is 16.6. The summed E-state index contributed by atoms with van der Waals surface area (Å²) in [4.78, 5) is 35.4. The van der Waals surface area contributed by atoms with E-state index in [9.17, 15) is 9.59 Å². The fourth-order valence-corrected chi connectivity index (χ4v) is 3.72. The van der Waals surface area contributed by atoms with Crippen LogP contribution in [0.5, 0.6) is 0 Å². The Balaban J connectivity index is 1.35. The van der Waals surface area contributed by atoms with Gasteiger partial charge in [-0.05, 0) is 50.8 Å². The molecule has 4 heterocycles. The molecule has 152 valence electrons. The third-order valence-electron chi connectivity index (χ3n) is 5.14. The Morgan fingerprint density at radius 3 is 2.97 bits per heavy atom. The Kier molecular flexibility index (Phi) is 5.28. The van der Waals surface area contributed by atoms with E-state index in [0.29, 0.717) is 37.0 Å². The van der Waals surface area contributed by atoms with Crippen molar-refractivity contribution >= 4 is 17.6 Å². The average molecular weight is 396 g/mol. The molecule has 9 nitrogen and oxygen atoms in total. The van der Waals surface area contributed by atoms with E-state index in [1.165, 1.54) is 6.26 Å². The van der Waals surface area contributed by atoms with E-state index < -0.39 is 0 Å². The lowest BCUT2D eigenvalue weighted by molar-refractivity contribution is -0.132. The monoisotopic (exact) mass is 396 g/mol. The van der Waals surface area contributed by atoms with Gasteiger partial charge in [0.05, 0.1) is 12.7 Å². The van der Waals surface area contributed by atoms with Gasteiger partial charge < -0.3 is 14.6 Å². The molecule has 1 saturated heterocycles. The topological polar surface area (TPSA) is 106 Å². The van der Waals surface area contributed by atoms with Gasteiger partial charge in [0.25, 0.3) is 11.7 Å². The van der Waals surface area contributed by atoms with Crippen LogP contribution in [0.4, 0.5) is 0 Å². The zero-order chi connectivity index (χ0) is 20.4. The van der Waals surface area contributed by atoms with Crippen molar-refractivity contribution in [2.45, 2.75) is 33.1 Å². The van der Waals surface area contributed by atoms with E-state index in [-0.39, 0.29) is 24.2 Å². The van der Waals surface area contributed by atoms with Gasteiger partial charge in [0.15, 0.2) is 11.6 Å². The number of amides is 2. The molecule has 2 amide bonds. The molecule has 0 bridgehead atoms. The molecule has 1 aliphatic heterocycles. The van der Waals surface area contributed by atoms with Crippen molar-refractivity contribution in [3.8, 4) is 0 Å². The highest BCUT2D eigenvalue weighted by atomic mass is 16.3. The number of carbonyl (C=O) groups excluding carboxylic acids is 2. The molecule has 0 spiro atoms. The minimum Gasteiger partial charge on any atom is -0.459 e. The Morgan fingerprint density at radius 1 is 1.31 bits per heavy atom. The summed E-state index contributed by atoms with van der Waals surface area (Å²) in [6.07, 6.45) is 3.50. The molecule has 1 aliphatic rings. The summed E-state index contributed by atoms with van der Waals surface area (Å²) in [5.74, 6) is 1.27. The van der Waals surface area contributed by atoms with Crippen molar-refractivity contribution in [3.05, 3.63) is 47.4 Å². The molecule has 1 N–H and O–H groups in total. The first-order chi connectivity index (χ1) is 14.0. The maximum absolute atomic E-state index is 12.8. The highest BCUT2D eigenvalue weighted by molar-refractivity contribution is 5.91. The number of hydrogen-bond acceptors (Lipinski definition) is 6. The van der Waals surface area contributed by atoms with Gasteiger partial charge in [-0.1, -0.05) is 0 Å². The van der Waals surface area contributed by atoms with Gasteiger partial charge in [0.1, 0.15) is 0 Å². The lowest BCUT2D eigenvalue weighted by atomic mass is 9.97. The van der Waals surface area contributed by atoms with E-state index in [4.69, 9.17) is 4.42 Å². The first-order valence-corrected chi connectivity index (χ1v) is 9.79. The second kappa shape index (κ2) is 8.02. The first-order valence-electron chi connectivity index (χ1n) is 9.79. The van der Waals surface area contributed by atoms with Gasteiger partial charge in [0.2, 0.25) is 5.91 Å². The number of rotatable bonds is 5. The third-order valence-corrected chi connectivity index (χ3v) is 5.14. The van der Waals surface area contributed by atoms with Crippen LogP contribution in [0.1, 0.15) is 40.6 Å². The summed E-state index contributed by atoms with van der Waals surface area (Å²) >= 11 is 0. The maximum Gasteiger partial charge on any atom is 0.286 e. The summed E-state index contributed by atoms with van der Waals surface area (Å²) in [5.41, 5.74) is 1.81. The van der Waals surface area contributed by atoms with Crippen LogP contribution in [-0.2, 0) is 11.2 Å². The molecular formula is C20H24N6O3. The summed E-state index contributed by atoms with van der Waals surface area (Å²) in [5, 5.41) is 7.31. The number of carbonyl (C=O) groups is 2. The van der Waals surface area contributed by atoms with E-state index in [2.05, 4.69) is 20.4 Å². The van der Waals surface area contributed by atoms with Gasteiger partial charge in [0, 0.05) is 31.0 Å². The van der Waals surface area contributed by atoms with Crippen LogP contribution in [0.25, 0.3) is 5.78 Å². The number of fused-ring (bicyclic) bond motifs is 1. The number of aryl methyl sites for hydroxylation is 2. The Hall–Kier alpha value is -3.23. The summed E-state index contributed by atoms with van der Waals surface area (Å²) < 4.78 is 6.77. The molecular weight excluding hydrogens is 372 g/mol. The van der Waals surface area contributed by atoms with E-state index in [0.717, 1.165) is 24.2 Å². The molecule has 0 radical (unpaired) electrons. The van der Waals surface area contributed by atoms with Gasteiger partial charge in [-0.2, -0.15) is 4.98 Å². The van der Waals surface area contributed by atoms with E-state index in [1.807, 2.05) is 24.8 Å². The minimum atomic E-state index is -0.231. The third kappa shape index (κ3) is 4.28. The lowest BCUT2D eigenvalue weighted by Gasteiger charge is -2.32. The Labute approximate surface area is 168 Å². The van der Waals surface area contributed by atoms with Crippen molar-refractivity contribution in [3.63, 3.8) is 0 Å². The molecule has 29 heavy (non-hydrogen) atoms. The lowest BCUT2D eigenvalue weighted by Crippen LogP contribution is -2.44. The summed E-state index contributed by atoms with van der Waals surface area (Å²) in [6, 6.07) is 5.24. The average Bonchev–Trinajstić information content (AvgIpc) is 3.36. The van der Waals surface area contributed by atoms with Crippen LogP contribution in [0.15, 0.2) is 28.9 Å². The number of furan rings is 1. The second-order valence-electron chi connectivity index (χ2n) is 7.49. The quantitative estimate of drug-likeness (QED) is 0.701. The van der Waals surface area contributed by atoms with Crippen LogP contribution < -0.4 is 5.32 Å². The maximum atomic E-state index is 12.8. The minimum absolute atomic E-state index is 0.00246. The second-order valence-corrected chi connectivity index (χ2v) is 7.49. The molecule has 1 unspecified atom stereocenters. The molecule has 1 atom stereocenters. The fourth-order valence-electron chi connectivity index (χ4n) is 3.72. The van der Waals surface area contributed by atoms with Crippen LogP contribution in [0.2, 0.25) is 0 Å². The van der Waals surface area contributed by atoms with Crippen LogP contribution in [0.3, 0.4) is 0 Å². The molecule has 9 heteroatoms. The van der Waals surface area contributed by atoms with Crippen LogP contribution in [-0.4, -0.2) is 55.9 Å². The standard InChI is InChI=1S/C20H24N6O3/c1-13-9-14(2)26-20(22-13)23-17(24-26)10-18(27)25-7-3-5-15(12-25)11-21-19(28)16-6-4-8-29-16/h4,6,8-9,15H,3,5,7,10-12H2,1-2H3,(H,21,28). The molecule has 1 fully saturated rings. The van der Waals surface area contributed by atoms with E-state index in [1.54, 1.807) is 16.6 Å². The van der Waals surface area contributed by atoms with E-state index >= 15 is 0 Å². The zero-order valence-corrected chi connectivity index (χ0v) is 16.6. The molecule has 3 aromatic heterocycles. The van der Waals surface area contributed by atoms with Crippen molar-refractivity contribution in [1.82, 2.24) is 29.8 Å². The van der Waals surface area contributed by atoms with Crippen molar-refractivity contribution in [1.29, 1.82) is 0 Å². The largest absolute Gasteiger partial charge is 0.459 e. The fraction of sp³-hybridized carbons (Fsp3) is 0.450. The predicted octanol–water partition coefficient (Wildman–Crippen LogP) is 1.55. The normalized spacial score (nSPS) is 16.9. The Bertz CT molecular complexity index is 1030. The van der Waals surface area contributed by atoms with Gasteiger partial charge >= 0.3 is 0 Å². The number of piperidine rings is 1. The SMILES string of the molecule is Cc1cc(C)n2nc(CC(=O)N3CCCC(CNC(=O)c4ccco4)C3)nc2n1.